The number of hydrogen-bond donors (Lipinski definition) is 1. The maximum atomic E-state index is 12.8. The molecule has 0 radical (unpaired) electrons. The summed E-state index contributed by atoms with van der Waals surface area (Å²) in [4.78, 5) is 16.4. The molecule has 0 fully saturated rings. The molecule has 1 amide bonds. The van der Waals surface area contributed by atoms with Crippen molar-refractivity contribution < 1.29 is 4.79 Å². The Morgan fingerprint density at radius 2 is 2.00 bits per heavy atom. The lowest BCUT2D eigenvalue weighted by Crippen LogP contribution is -2.35. The van der Waals surface area contributed by atoms with Crippen LogP contribution in [0.3, 0.4) is 0 Å². The fourth-order valence-electron chi connectivity index (χ4n) is 3.58. The van der Waals surface area contributed by atoms with E-state index >= 15 is 0 Å². The van der Waals surface area contributed by atoms with E-state index in [9.17, 15) is 10.1 Å². The van der Waals surface area contributed by atoms with Gasteiger partial charge in [0.1, 0.15) is 11.1 Å². The Morgan fingerprint density at radius 1 is 1.22 bits per heavy atom. The van der Waals surface area contributed by atoms with Crippen LogP contribution in [0, 0.1) is 11.3 Å². The topological polar surface area (TPSA) is 56.1 Å². The predicted molar refractivity (Wildman–Crippen MR) is 110 cm³/mol. The van der Waals surface area contributed by atoms with Gasteiger partial charge in [-0.15, -0.1) is 11.3 Å². The third kappa shape index (κ3) is 3.34. The van der Waals surface area contributed by atoms with E-state index in [4.69, 9.17) is 0 Å². The summed E-state index contributed by atoms with van der Waals surface area (Å²) in [5.74, 6) is -0.170. The van der Waals surface area contributed by atoms with Crippen LogP contribution in [0.15, 0.2) is 42.5 Å². The van der Waals surface area contributed by atoms with Gasteiger partial charge in [0.05, 0.1) is 5.56 Å². The molecule has 0 unspecified atom stereocenters. The van der Waals surface area contributed by atoms with Crippen molar-refractivity contribution in [2.24, 2.45) is 0 Å². The number of nitrogens with zero attached hydrogens (tertiary/aromatic N) is 2. The fraction of sp³-hybridized carbons (Fsp3) is 0.273. The Hall–Kier alpha value is -2.68. The van der Waals surface area contributed by atoms with Crippen LogP contribution in [-0.4, -0.2) is 23.4 Å². The number of carbonyl (C=O) groups excluding carboxylic acids is 1. The molecule has 1 aliphatic heterocycles. The number of benzene rings is 2. The zero-order valence-corrected chi connectivity index (χ0v) is 16.3. The number of nitriles is 1. The van der Waals surface area contributed by atoms with E-state index in [0.29, 0.717) is 22.2 Å². The van der Waals surface area contributed by atoms with Gasteiger partial charge in [-0.25, -0.2) is 0 Å². The van der Waals surface area contributed by atoms with Crippen LogP contribution in [-0.2, 0) is 13.0 Å². The molecule has 27 heavy (non-hydrogen) atoms. The molecule has 1 aliphatic rings. The number of amides is 1. The summed E-state index contributed by atoms with van der Waals surface area (Å²) in [5, 5.41) is 15.4. The van der Waals surface area contributed by atoms with Crippen molar-refractivity contribution in [3.63, 3.8) is 0 Å². The molecule has 0 aliphatic carbocycles. The van der Waals surface area contributed by atoms with Crippen molar-refractivity contribution in [3.05, 3.63) is 64.0 Å². The molecule has 1 aromatic heterocycles. The van der Waals surface area contributed by atoms with Crippen LogP contribution >= 0.6 is 11.3 Å². The largest absolute Gasteiger partial charge is 0.312 e. The quantitative estimate of drug-likeness (QED) is 0.716. The van der Waals surface area contributed by atoms with E-state index in [-0.39, 0.29) is 5.91 Å². The summed E-state index contributed by atoms with van der Waals surface area (Å²) in [7, 11) is 0. The van der Waals surface area contributed by atoms with Crippen molar-refractivity contribution >= 4 is 33.0 Å². The zero-order valence-electron chi connectivity index (χ0n) is 15.5. The molecule has 0 saturated carbocycles. The highest BCUT2D eigenvalue weighted by Gasteiger charge is 2.26. The Morgan fingerprint density at radius 3 is 2.74 bits per heavy atom. The lowest BCUT2D eigenvalue weighted by atomic mass is 10.0. The highest BCUT2D eigenvalue weighted by molar-refractivity contribution is 7.16. The van der Waals surface area contributed by atoms with E-state index in [1.54, 1.807) is 0 Å². The number of hydrogen-bond acceptors (Lipinski definition) is 4. The van der Waals surface area contributed by atoms with Crippen molar-refractivity contribution in [2.45, 2.75) is 32.9 Å². The van der Waals surface area contributed by atoms with Crippen LogP contribution in [0.4, 0.5) is 5.00 Å². The van der Waals surface area contributed by atoms with Crippen LogP contribution in [0.2, 0.25) is 0 Å². The smallest absolute Gasteiger partial charge is 0.256 e. The molecular weight excluding hydrogens is 354 g/mol. The lowest BCUT2D eigenvalue weighted by Gasteiger charge is -2.30. The van der Waals surface area contributed by atoms with E-state index < -0.39 is 0 Å². The molecule has 2 heterocycles. The first kappa shape index (κ1) is 17.7. The van der Waals surface area contributed by atoms with E-state index in [2.05, 4.69) is 30.1 Å². The number of thiophene rings is 1. The molecule has 5 heteroatoms. The molecule has 2 aromatic carbocycles. The third-order valence-electron chi connectivity index (χ3n) is 5.17. The first-order valence-corrected chi connectivity index (χ1v) is 9.97. The molecule has 4 nitrogen and oxygen atoms in total. The highest BCUT2D eigenvalue weighted by atomic mass is 32.1. The minimum absolute atomic E-state index is 0.170. The summed E-state index contributed by atoms with van der Waals surface area (Å²) in [5.41, 5.74) is 2.34. The van der Waals surface area contributed by atoms with Gasteiger partial charge in [-0.1, -0.05) is 30.3 Å². The number of fused-ring (bicyclic) bond motifs is 2. The molecule has 0 atom stereocenters. The Labute approximate surface area is 163 Å². The monoisotopic (exact) mass is 375 g/mol. The van der Waals surface area contributed by atoms with Gasteiger partial charge in [0.2, 0.25) is 0 Å². The minimum Gasteiger partial charge on any atom is -0.312 e. The van der Waals surface area contributed by atoms with E-state index in [1.807, 2.05) is 42.5 Å². The second-order valence-electron chi connectivity index (χ2n) is 7.15. The summed E-state index contributed by atoms with van der Waals surface area (Å²) < 4.78 is 0. The SMILES string of the molecule is CC(C)N1CCc2c(sc(NC(=O)c3ccc4ccccc4c3)c2C#N)C1. The molecular formula is C22H21N3OS. The van der Waals surface area contributed by atoms with Crippen LogP contribution in [0.5, 0.6) is 0 Å². The summed E-state index contributed by atoms with van der Waals surface area (Å²) in [6.07, 6.45) is 0.860. The average molecular weight is 375 g/mol. The van der Waals surface area contributed by atoms with Gasteiger partial charge in [0.15, 0.2) is 0 Å². The van der Waals surface area contributed by atoms with Crippen molar-refractivity contribution in [2.75, 3.05) is 11.9 Å². The van der Waals surface area contributed by atoms with Crippen molar-refractivity contribution in [1.82, 2.24) is 4.90 Å². The first-order valence-electron chi connectivity index (χ1n) is 9.15. The molecule has 3 aromatic rings. The summed E-state index contributed by atoms with van der Waals surface area (Å²) in [6.45, 7) is 6.17. The van der Waals surface area contributed by atoms with Gasteiger partial charge in [-0.2, -0.15) is 5.26 Å². The number of nitrogens with one attached hydrogen (secondary N) is 1. The Bertz CT molecular complexity index is 1060. The number of anilines is 1. The molecule has 0 saturated heterocycles. The van der Waals surface area contributed by atoms with Crippen molar-refractivity contribution in [1.29, 1.82) is 5.26 Å². The van der Waals surface area contributed by atoms with Gasteiger partial charge in [-0.3, -0.25) is 9.69 Å². The predicted octanol–water partition coefficient (Wildman–Crippen LogP) is 4.79. The maximum Gasteiger partial charge on any atom is 0.256 e. The standard InChI is InChI=1S/C22H21N3OS/c1-14(2)25-10-9-18-19(12-23)22(27-20(18)13-25)24-21(26)17-8-7-15-5-3-4-6-16(15)11-17/h3-8,11,14H,9-10,13H2,1-2H3,(H,24,26). The van der Waals surface area contributed by atoms with E-state index in [1.165, 1.54) is 16.2 Å². The molecule has 0 bridgehead atoms. The van der Waals surface area contributed by atoms with Crippen molar-refractivity contribution in [3.8, 4) is 6.07 Å². The van der Waals surface area contributed by atoms with Gasteiger partial charge >= 0.3 is 0 Å². The first-order chi connectivity index (χ1) is 13.1. The average Bonchev–Trinajstić information content (AvgIpc) is 3.03. The molecule has 4 rings (SSSR count). The Kier molecular flexibility index (Phi) is 4.69. The fourth-order valence-corrected chi connectivity index (χ4v) is 4.79. The normalized spacial score (nSPS) is 14.1. The second-order valence-corrected chi connectivity index (χ2v) is 8.26. The molecule has 136 valence electrons. The van der Waals surface area contributed by atoms with Gasteiger partial charge in [0.25, 0.3) is 5.91 Å². The van der Waals surface area contributed by atoms with Crippen LogP contribution in [0.1, 0.15) is 40.2 Å². The number of carbonyl (C=O) groups is 1. The van der Waals surface area contributed by atoms with Gasteiger partial charge in [0, 0.05) is 29.6 Å². The number of rotatable bonds is 3. The lowest BCUT2D eigenvalue weighted by molar-refractivity contribution is 0.102. The summed E-state index contributed by atoms with van der Waals surface area (Å²) >= 11 is 1.54. The summed E-state index contributed by atoms with van der Waals surface area (Å²) in [6, 6.07) is 16.4. The highest BCUT2D eigenvalue weighted by Crippen LogP contribution is 2.37. The van der Waals surface area contributed by atoms with Gasteiger partial charge in [-0.05, 0) is 48.7 Å². The van der Waals surface area contributed by atoms with Crippen LogP contribution in [0.25, 0.3) is 10.8 Å². The minimum atomic E-state index is -0.170. The second kappa shape index (κ2) is 7.15. The van der Waals surface area contributed by atoms with E-state index in [0.717, 1.165) is 35.8 Å². The van der Waals surface area contributed by atoms with Gasteiger partial charge < -0.3 is 5.32 Å². The molecule has 0 spiro atoms. The molecule has 1 N–H and O–H groups in total. The maximum absolute atomic E-state index is 12.8. The zero-order chi connectivity index (χ0) is 19.0. The third-order valence-corrected chi connectivity index (χ3v) is 6.30. The van der Waals surface area contributed by atoms with Crippen LogP contribution < -0.4 is 5.32 Å². The Balaban J connectivity index is 1.62.